The third-order valence-corrected chi connectivity index (χ3v) is 28.3. The minimum absolute atomic E-state index is 0. The Labute approximate surface area is 793 Å². The number of nitrogens with zero attached hydrogens (tertiary/aromatic N) is 9. The number of unbranched alkanes of at least 4 members (excludes halogenated alkanes) is 2. The van der Waals surface area contributed by atoms with Crippen LogP contribution in [0.3, 0.4) is 0 Å². The number of aliphatic hydroxyl groups excluding tert-OH is 1. The van der Waals surface area contributed by atoms with Crippen molar-refractivity contribution >= 4 is 65.3 Å². The minimum Gasteiger partial charge on any atom is -0.459 e. The fourth-order valence-corrected chi connectivity index (χ4v) is 20.7. The van der Waals surface area contributed by atoms with Crippen molar-refractivity contribution in [2.75, 3.05) is 74.3 Å². The number of hydrogen-bond donors (Lipinski definition) is 2. The summed E-state index contributed by atoms with van der Waals surface area (Å²) in [6.45, 7) is 22.5. The molecular weight excluding hydrogens is 1770 g/mol. The molecule has 11 rings (SSSR count). The Hall–Kier alpha value is -10.6. The molecule has 8 unspecified atom stereocenters. The SMILES string of the molecule is C.CC[C@H]1OC(=O)[C@@](C)(F)C(=O)[C@H](C)[C@@H](OC2OC(COC(=O)c3ccccc3)CC(N(C)C)C2O)[C@@](C)(OC)C[C@@H](C)C(=O)[C@H](C)[C@H]2N(CCCCN=[N+]=[N-])C(=O)O[C@]12C.CC[C@H]1OC(=O)[C@@](C)(F)C(=O)[C@H](C)[C@@H](OC2OC(COC(=O)c3ccccc3)CC(NC(=O)OCC3c4ccccc4-c4ccccc43)C2C)[C@@](C)(OC)C[C@@H](C)C(=O)[C@H](C)[C@H]2N(CCCCN=[N+]=[N-])C(=O)O[C@]12C. The number of azide groups is 2. The molecule has 2 N–H and O–H groups in total. The molecule has 0 spiro atoms. The molecule has 4 aromatic carbocycles. The molecule has 0 radical (unpaired) electrons. The highest BCUT2D eigenvalue weighted by atomic mass is 19.1. The largest absolute Gasteiger partial charge is 0.459 e. The number of Topliss-reactive ketones (excluding diaryl/α,β-unsaturated/α-hetero) is 4. The van der Waals surface area contributed by atoms with Crippen molar-refractivity contribution in [1.82, 2.24) is 20.0 Å². The van der Waals surface area contributed by atoms with E-state index in [4.69, 9.17) is 72.6 Å². The summed E-state index contributed by atoms with van der Waals surface area (Å²) in [5, 5.41) is 21.8. The molecule has 6 aliphatic heterocycles. The third-order valence-electron chi connectivity index (χ3n) is 28.3. The Morgan fingerprint density at radius 1 is 0.544 bits per heavy atom. The number of halogens is 2. The van der Waals surface area contributed by atoms with Crippen molar-refractivity contribution < 1.29 is 128 Å². The molecule has 6 heterocycles. The van der Waals surface area contributed by atoms with Gasteiger partial charge in [0.15, 0.2) is 35.3 Å². The second-order valence-electron chi connectivity index (χ2n) is 38.0. The van der Waals surface area contributed by atoms with E-state index in [2.05, 4.69) is 25.4 Å². The van der Waals surface area contributed by atoms with Crippen LogP contribution in [0.5, 0.6) is 0 Å². The van der Waals surface area contributed by atoms with Crippen molar-refractivity contribution in [2.45, 2.75) is 295 Å². The second kappa shape index (κ2) is 46.7. The van der Waals surface area contributed by atoms with E-state index in [-0.39, 0.29) is 109 Å². The third kappa shape index (κ3) is 23.9. The molecule has 1 aliphatic carbocycles. The predicted octanol–water partition coefficient (Wildman–Crippen LogP) is 15.3. The van der Waals surface area contributed by atoms with Gasteiger partial charge in [0.1, 0.15) is 49.7 Å². The number of alkyl halides is 2. The van der Waals surface area contributed by atoms with E-state index in [1.54, 1.807) is 142 Å². The Morgan fingerprint density at radius 3 is 1.33 bits per heavy atom. The zero-order chi connectivity index (χ0) is 99.1. The van der Waals surface area contributed by atoms with Crippen LogP contribution in [0.2, 0.25) is 0 Å². The molecule has 746 valence electrons. The summed E-state index contributed by atoms with van der Waals surface area (Å²) in [6, 6.07) is 29.3. The lowest BCUT2D eigenvalue weighted by atomic mass is 9.73. The van der Waals surface area contributed by atoms with Gasteiger partial charge in [0.25, 0.3) is 11.3 Å². The minimum atomic E-state index is -3.29. The highest BCUT2D eigenvalue weighted by Gasteiger charge is 2.65. The van der Waals surface area contributed by atoms with Crippen LogP contribution in [-0.4, -0.2) is 273 Å². The number of benzene rings is 4. The Bertz CT molecular complexity index is 4920. The van der Waals surface area contributed by atoms with Crippen molar-refractivity contribution in [1.29, 1.82) is 0 Å². The van der Waals surface area contributed by atoms with Crippen molar-refractivity contribution in [2.24, 2.45) is 51.7 Å². The maximum atomic E-state index is 17.3. The number of rotatable bonds is 28. The number of nitrogens with one attached hydrogen (secondary N) is 1. The predicted molar refractivity (Wildman–Crippen MR) is 493 cm³/mol. The smallest absolute Gasteiger partial charge is 0.410 e. The topological polar surface area (TPSA) is 447 Å². The second-order valence-corrected chi connectivity index (χ2v) is 38.0. The van der Waals surface area contributed by atoms with Gasteiger partial charge in [0.05, 0.1) is 58.8 Å². The van der Waals surface area contributed by atoms with Crippen LogP contribution in [0.15, 0.2) is 119 Å². The first-order chi connectivity index (χ1) is 63.9. The molecule has 0 aromatic heterocycles. The summed E-state index contributed by atoms with van der Waals surface area (Å²) in [5.74, 6) is -14.8. The Kier molecular flexibility index (Phi) is 37.5. The summed E-state index contributed by atoms with van der Waals surface area (Å²) in [5.41, 5.74) is 9.26. The number of carbonyl (C=O) groups excluding carboxylic acids is 11. The molecule has 0 saturated carbocycles. The normalized spacial score (nSPS) is 34.0. The van der Waals surface area contributed by atoms with Crippen LogP contribution >= 0.6 is 0 Å². The monoisotopic (exact) mass is 1900 g/mol. The number of methoxy groups -OCH3 is 2. The van der Waals surface area contributed by atoms with Crippen LogP contribution in [0.4, 0.5) is 23.2 Å². The number of ketones is 4. The fourth-order valence-electron chi connectivity index (χ4n) is 20.7. The van der Waals surface area contributed by atoms with Gasteiger partial charge in [-0.2, -0.15) is 0 Å². The van der Waals surface area contributed by atoms with Crippen molar-refractivity contribution in [3.8, 4) is 11.1 Å². The summed E-state index contributed by atoms with van der Waals surface area (Å²) < 4.78 is 114. The number of aliphatic hydroxyl groups is 1. The van der Waals surface area contributed by atoms with E-state index in [0.29, 0.717) is 36.8 Å². The number of hydrogen-bond acceptors (Lipinski definition) is 28. The average molecular weight is 1900 g/mol. The van der Waals surface area contributed by atoms with Gasteiger partial charge in [0.2, 0.25) is 0 Å². The maximum absolute atomic E-state index is 17.3. The molecule has 35 nitrogen and oxygen atoms in total. The molecule has 136 heavy (non-hydrogen) atoms. The lowest BCUT2D eigenvalue weighted by Crippen LogP contribution is -2.62. The van der Waals surface area contributed by atoms with E-state index < -0.39 is 208 Å². The molecule has 6 saturated heterocycles. The van der Waals surface area contributed by atoms with Crippen LogP contribution < -0.4 is 5.32 Å². The summed E-state index contributed by atoms with van der Waals surface area (Å²) in [4.78, 5) is 164. The van der Waals surface area contributed by atoms with Gasteiger partial charge in [-0.1, -0.05) is 165 Å². The molecular formula is C99H136F2N10O25. The van der Waals surface area contributed by atoms with Gasteiger partial charge < -0.3 is 86.7 Å². The summed E-state index contributed by atoms with van der Waals surface area (Å²) in [6.07, 6.45) is -11.8. The van der Waals surface area contributed by atoms with E-state index in [9.17, 15) is 57.8 Å². The fraction of sp³-hybridized carbons (Fsp3) is 0.646. The first kappa shape index (κ1) is 109. The standard InChI is InChI=1S/C56H70FN5O13.C42H62FN5O12.CH4/c1-10-44-56(8)46(62(53(68)75-56)27-19-18-26-59-61-58)34(4)45(63)32(2)29-54(6,69-9)48(35(5)47(64)55(7,57)51(66)73-44)74-50-33(3)43(28-37(72-50)30-70-49(65)36-20-12-11-13-21-36)60-52(67)71-31-42-40-24-16-14-22-38(40)39-23-15-17-25-41(39)42;1-11-30-42(7)33(48(39(54)60-42)20-16-15-19-45-46-44)25(3)31(49)24(2)22-40(5,55-10)35(26(4)34(51)41(6,43)38(53)58-30)59-37-32(50)29(47(8)9)21-28(57-37)23-56-36(52)27-17-13-12-14-18-27;/h11-17,20-25,32-35,37,42-44,46,48,50H,10,18-19,26-31H2,1-9H3,(H,60,67);12-14,17-18,24-26,28-30,32-33,35,37,50H,11,15-16,19-23H2,1-10H3;1H4/t32-,33?,34+,35+,37?,43?,44-,46-,48-,50?,54+,55+,56-;24-,25+,26+,28?,29?,30-,32?,33-,35-,37?,40+,41+,42-;/m11./s1. The average Bonchev–Trinajstić information content (AvgIpc) is 1.51. The number of ether oxygens (including phenoxy) is 13. The van der Waals surface area contributed by atoms with Crippen LogP contribution in [-0.2, 0) is 90.3 Å². The van der Waals surface area contributed by atoms with Gasteiger partial charge in [-0.05, 0) is 177 Å². The molecule has 7 aliphatic rings. The van der Waals surface area contributed by atoms with Crippen LogP contribution in [0, 0.1) is 41.4 Å². The Balaban J connectivity index is 0.000000311. The molecule has 3 amide bonds. The quantitative estimate of drug-likeness (QED) is 0.0101. The van der Waals surface area contributed by atoms with Gasteiger partial charge in [0, 0.05) is 110 Å². The first-order valence-electron chi connectivity index (χ1n) is 46.5. The number of amides is 3. The molecule has 37 heteroatoms. The van der Waals surface area contributed by atoms with Gasteiger partial charge in [-0.3, -0.25) is 19.2 Å². The molecule has 6 fully saturated rings. The highest BCUT2D eigenvalue weighted by Crippen LogP contribution is 2.49. The lowest BCUT2D eigenvalue weighted by Gasteiger charge is -2.47. The van der Waals surface area contributed by atoms with Crippen molar-refractivity contribution in [3.63, 3.8) is 0 Å². The first-order valence-corrected chi connectivity index (χ1v) is 46.5. The van der Waals surface area contributed by atoms with E-state index in [0.717, 1.165) is 36.1 Å². The number of alkyl carbamates (subject to hydrolysis) is 1. The Morgan fingerprint density at radius 2 is 0.934 bits per heavy atom. The van der Waals surface area contributed by atoms with Crippen LogP contribution in [0.25, 0.3) is 32.0 Å². The van der Waals surface area contributed by atoms with Crippen LogP contribution in [0.1, 0.15) is 213 Å². The number of cyclic esters (lactones) is 2. The summed E-state index contributed by atoms with van der Waals surface area (Å²) in [7, 11) is 6.19. The number of fused-ring (bicyclic) bond motifs is 5. The maximum Gasteiger partial charge on any atom is 0.410 e. The van der Waals surface area contributed by atoms with Gasteiger partial charge in [-0.15, -0.1) is 0 Å². The van der Waals surface area contributed by atoms with E-state index in [1.165, 1.54) is 51.7 Å². The van der Waals surface area contributed by atoms with Crippen molar-refractivity contribution in [3.05, 3.63) is 152 Å². The number of esters is 4. The zero-order valence-corrected chi connectivity index (χ0v) is 80.6. The van der Waals surface area contributed by atoms with Gasteiger partial charge >= 0.3 is 42.2 Å². The lowest BCUT2D eigenvalue weighted by molar-refractivity contribution is -0.300. The molecule has 0 bridgehead atoms. The zero-order valence-electron chi connectivity index (χ0n) is 80.6. The molecule has 4 aromatic rings. The highest BCUT2D eigenvalue weighted by molar-refractivity contribution is 6.09. The van der Waals surface area contributed by atoms with E-state index >= 15 is 8.78 Å². The number of likely N-dealkylation sites (N-methyl/N-ethyl adjacent to an activating group) is 1. The molecule has 26 atom stereocenters. The summed E-state index contributed by atoms with van der Waals surface area (Å²) >= 11 is 0. The van der Waals surface area contributed by atoms with E-state index in [1.807, 2.05) is 48.5 Å². The number of carbonyl (C=O) groups is 11. The van der Waals surface area contributed by atoms with Gasteiger partial charge in [-0.25, -0.2) is 42.3 Å².